The van der Waals surface area contributed by atoms with Gasteiger partial charge < -0.3 is 28.4 Å². The molecule has 4 aromatic heterocycles. The van der Waals surface area contributed by atoms with Gasteiger partial charge in [-0.3, -0.25) is 15.0 Å². The van der Waals surface area contributed by atoms with Gasteiger partial charge >= 0.3 is 6.09 Å². The number of sulfonamides is 1. The van der Waals surface area contributed by atoms with Crippen LogP contribution in [0.4, 0.5) is 16.4 Å². The highest BCUT2D eigenvalue weighted by atomic mass is 32.2. The first kappa shape index (κ1) is 33.4. The van der Waals surface area contributed by atoms with Crippen LogP contribution < -0.4 is 33.7 Å². The summed E-state index contributed by atoms with van der Waals surface area (Å²) in [5.41, 5.74) is 0.694. The molecule has 0 saturated carbocycles. The van der Waals surface area contributed by atoms with E-state index < -0.39 is 16.1 Å². The van der Waals surface area contributed by atoms with E-state index in [1.807, 2.05) is 0 Å². The lowest BCUT2D eigenvalue weighted by Crippen LogP contribution is -2.19. The Labute approximate surface area is 294 Å². The van der Waals surface area contributed by atoms with Crippen LogP contribution in [0, 0.1) is 0 Å². The number of benzene rings is 2. The highest BCUT2D eigenvalue weighted by molar-refractivity contribution is 7.92. The van der Waals surface area contributed by atoms with E-state index in [4.69, 9.17) is 28.4 Å². The predicted molar refractivity (Wildman–Crippen MR) is 180 cm³/mol. The number of hydrogen-bond acceptors (Lipinski definition) is 16. The van der Waals surface area contributed by atoms with Gasteiger partial charge in [0, 0.05) is 30.2 Å². The van der Waals surface area contributed by atoms with Crippen molar-refractivity contribution in [2.45, 2.75) is 4.90 Å². The number of para-hydroxylation sites is 2. The first-order valence-electron chi connectivity index (χ1n) is 15.2. The Balaban J connectivity index is 1.29. The zero-order chi connectivity index (χ0) is 35.9. The molecule has 20 heteroatoms. The fourth-order valence-electron chi connectivity index (χ4n) is 4.75. The van der Waals surface area contributed by atoms with E-state index in [9.17, 15) is 13.2 Å². The molecule has 0 aliphatic carbocycles. The number of ether oxygens (including phenoxy) is 6. The second-order valence-electron chi connectivity index (χ2n) is 10.4. The number of amides is 1. The molecular weight excluding hydrogens is 700 g/mol. The highest BCUT2D eigenvalue weighted by Gasteiger charge is 2.28. The van der Waals surface area contributed by atoms with Crippen LogP contribution in [0.1, 0.15) is 0 Å². The Morgan fingerprint density at radius 1 is 0.923 bits per heavy atom. The summed E-state index contributed by atoms with van der Waals surface area (Å²) in [6.07, 6.45) is 3.68. The number of pyridine rings is 2. The average Bonchev–Trinajstić information content (AvgIpc) is 3.88. The Morgan fingerprint density at radius 3 is 2.58 bits per heavy atom. The average molecular weight is 727 g/mol. The highest BCUT2D eigenvalue weighted by Crippen LogP contribution is 2.43. The third-order valence-corrected chi connectivity index (χ3v) is 8.44. The Bertz CT molecular complexity index is 2310. The smallest absolute Gasteiger partial charge is 0.412 e. The van der Waals surface area contributed by atoms with Gasteiger partial charge in [-0.05, 0) is 47.7 Å². The lowest BCUT2D eigenvalue weighted by atomic mass is 10.1. The van der Waals surface area contributed by atoms with Crippen LogP contribution in [-0.4, -0.2) is 82.2 Å². The van der Waals surface area contributed by atoms with Crippen LogP contribution in [0.5, 0.6) is 34.6 Å². The maximum Gasteiger partial charge on any atom is 0.412 e. The minimum Gasteiger partial charge on any atom is -0.493 e. The van der Waals surface area contributed by atoms with Crippen molar-refractivity contribution >= 4 is 27.8 Å². The van der Waals surface area contributed by atoms with Crippen molar-refractivity contribution in [1.82, 2.24) is 40.6 Å². The molecule has 0 bridgehead atoms. The number of fused-ring (bicyclic) bond motifs is 1. The molecule has 0 radical (unpaired) electrons. The monoisotopic (exact) mass is 726 g/mol. The number of aromatic nitrogens is 8. The van der Waals surface area contributed by atoms with Crippen molar-refractivity contribution in [1.29, 1.82) is 0 Å². The maximum atomic E-state index is 13.9. The number of hydrogen-bond donors (Lipinski definition) is 3. The van der Waals surface area contributed by atoms with Crippen molar-refractivity contribution in [3.8, 4) is 57.4 Å². The predicted octanol–water partition coefficient (Wildman–Crippen LogP) is 4.07. The van der Waals surface area contributed by atoms with Gasteiger partial charge in [0.05, 0.1) is 17.6 Å². The third-order valence-electron chi connectivity index (χ3n) is 7.10. The molecule has 0 saturated heterocycles. The summed E-state index contributed by atoms with van der Waals surface area (Å²) in [7, 11) is -2.94. The topological polar surface area (TPSA) is 237 Å². The molecule has 6 aromatic rings. The lowest BCUT2D eigenvalue weighted by Gasteiger charge is -2.19. The van der Waals surface area contributed by atoms with E-state index in [1.54, 1.807) is 48.5 Å². The zero-order valence-electron chi connectivity index (χ0n) is 26.9. The second-order valence-corrected chi connectivity index (χ2v) is 12.1. The van der Waals surface area contributed by atoms with E-state index in [0.29, 0.717) is 22.6 Å². The summed E-state index contributed by atoms with van der Waals surface area (Å²) in [6, 6.07) is 17.4. The van der Waals surface area contributed by atoms with Crippen LogP contribution in [0.25, 0.3) is 22.8 Å². The van der Waals surface area contributed by atoms with E-state index in [1.165, 1.54) is 43.9 Å². The summed E-state index contributed by atoms with van der Waals surface area (Å²) in [5, 5.41) is 16.6. The quantitative estimate of drug-likeness (QED) is 0.142. The molecule has 2 aromatic carbocycles. The summed E-state index contributed by atoms with van der Waals surface area (Å²) in [5.74, 6) is 0.733. The third kappa shape index (κ3) is 7.40. The molecule has 7 rings (SSSR count). The molecule has 1 aliphatic heterocycles. The molecule has 1 aliphatic rings. The van der Waals surface area contributed by atoms with Crippen molar-refractivity contribution in [2.75, 3.05) is 37.2 Å². The molecule has 5 heterocycles. The summed E-state index contributed by atoms with van der Waals surface area (Å²) < 4.78 is 64.1. The van der Waals surface area contributed by atoms with Gasteiger partial charge in [-0.15, -0.1) is 10.2 Å². The van der Waals surface area contributed by atoms with Crippen LogP contribution in [0.2, 0.25) is 0 Å². The van der Waals surface area contributed by atoms with E-state index in [2.05, 4.69) is 50.6 Å². The summed E-state index contributed by atoms with van der Waals surface area (Å²) in [6.45, 7) is -0.563. The SMILES string of the molecule is COc1ccccc1Oc1c(NS(=O)(=O)c2ccc3c(c2)OCO3)nc(-c2ccncc2-c2nn[nH]n2)nc1OCCOC(=O)Nc1ccccn1. The molecule has 0 atom stereocenters. The molecule has 3 N–H and O–H groups in total. The maximum absolute atomic E-state index is 13.9. The van der Waals surface area contributed by atoms with Crippen molar-refractivity contribution in [3.05, 3.63) is 85.3 Å². The normalized spacial score (nSPS) is 11.8. The fraction of sp³-hybridized carbons (Fsp3) is 0.125. The molecule has 264 valence electrons. The first-order chi connectivity index (χ1) is 25.4. The number of rotatable bonds is 13. The molecule has 1 amide bonds. The van der Waals surface area contributed by atoms with Crippen LogP contribution >= 0.6 is 0 Å². The number of anilines is 2. The van der Waals surface area contributed by atoms with Gasteiger partial charge in [0.15, 0.2) is 34.6 Å². The standard InChI is InChI=1S/C32H26N10O9S/c1-46-22-6-2-3-7-24(22)51-27-30(40-52(44,45)19-9-10-23-25(16-19)50-18-49-23)36-28(20-11-13-33-17-21(20)29-38-41-42-39-29)37-31(27)47-14-15-48-32(43)35-26-8-4-5-12-34-26/h2-13,16-17H,14-15,18H2,1H3,(H,34,35,43)(H,36,37,40)(H,38,39,41,42). The Morgan fingerprint density at radius 2 is 1.77 bits per heavy atom. The number of methoxy groups -OCH3 is 1. The fourth-order valence-corrected chi connectivity index (χ4v) is 5.77. The van der Waals surface area contributed by atoms with Crippen molar-refractivity contribution in [3.63, 3.8) is 0 Å². The van der Waals surface area contributed by atoms with Gasteiger partial charge in [0.1, 0.15) is 19.0 Å². The van der Waals surface area contributed by atoms with Crippen molar-refractivity contribution in [2.24, 2.45) is 0 Å². The number of nitrogens with zero attached hydrogens (tertiary/aromatic N) is 7. The van der Waals surface area contributed by atoms with E-state index in [0.717, 1.165) is 0 Å². The Kier molecular flexibility index (Phi) is 9.51. The second kappa shape index (κ2) is 14.8. The number of nitrogens with one attached hydrogen (secondary N) is 3. The van der Waals surface area contributed by atoms with Crippen LogP contribution in [0.3, 0.4) is 0 Å². The van der Waals surface area contributed by atoms with Gasteiger partial charge in [-0.2, -0.15) is 10.2 Å². The molecular formula is C32H26N10O9S. The number of carbonyl (C=O) groups excluding carboxylic acids is 1. The molecule has 0 fully saturated rings. The minimum atomic E-state index is -4.38. The van der Waals surface area contributed by atoms with Gasteiger partial charge in [0.2, 0.25) is 18.4 Å². The molecule has 0 unspecified atom stereocenters. The number of carbonyl (C=O) groups is 1. The molecule has 19 nitrogen and oxygen atoms in total. The first-order valence-corrected chi connectivity index (χ1v) is 16.7. The number of aromatic amines is 1. The summed E-state index contributed by atoms with van der Waals surface area (Å²) in [4.78, 5) is 29.6. The van der Waals surface area contributed by atoms with E-state index in [-0.39, 0.29) is 71.3 Å². The summed E-state index contributed by atoms with van der Waals surface area (Å²) >= 11 is 0. The minimum absolute atomic E-state index is 0.0400. The van der Waals surface area contributed by atoms with Crippen molar-refractivity contribution < 1.29 is 41.6 Å². The lowest BCUT2D eigenvalue weighted by molar-refractivity contribution is 0.135. The molecule has 52 heavy (non-hydrogen) atoms. The Hall–Kier alpha value is -7.09. The van der Waals surface area contributed by atoms with Crippen LogP contribution in [-0.2, 0) is 14.8 Å². The van der Waals surface area contributed by atoms with Gasteiger partial charge in [0.25, 0.3) is 15.9 Å². The van der Waals surface area contributed by atoms with E-state index >= 15 is 0 Å². The number of tetrazole rings is 1. The largest absolute Gasteiger partial charge is 0.493 e. The number of H-pyrrole nitrogens is 1. The zero-order valence-corrected chi connectivity index (χ0v) is 27.7. The van der Waals surface area contributed by atoms with Gasteiger partial charge in [-0.1, -0.05) is 18.2 Å². The van der Waals surface area contributed by atoms with Crippen LogP contribution in [0.15, 0.2) is 90.2 Å². The van der Waals surface area contributed by atoms with Gasteiger partial charge in [-0.25, -0.2) is 23.2 Å². The molecule has 0 spiro atoms.